The lowest BCUT2D eigenvalue weighted by atomic mass is 9.73. The SMILES string of the molecule is Cc1ccc2c(c1)NC(c1ccccc1)C1=C(CC(C)(C)CC1=O)N2. The van der Waals surface area contributed by atoms with Crippen LogP contribution in [0.4, 0.5) is 11.4 Å². The molecule has 0 aromatic heterocycles. The quantitative estimate of drug-likeness (QED) is 0.752. The molecule has 1 unspecified atom stereocenters. The van der Waals surface area contributed by atoms with Crippen molar-refractivity contribution in [2.75, 3.05) is 10.6 Å². The smallest absolute Gasteiger partial charge is 0.163 e. The highest BCUT2D eigenvalue weighted by Crippen LogP contribution is 2.45. The number of fused-ring (bicyclic) bond motifs is 1. The Balaban J connectivity index is 1.89. The monoisotopic (exact) mass is 332 g/mol. The lowest BCUT2D eigenvalue weighted by Gasteiger charge is -2.34. The van der Waals surface area contributed by atoms with Crippen LogP contribution >= 0.6 is 0 Å². The minimum Gasteiger partial charge on any atom is -0.372 e. The number of hydrogen-bond acceptors (Lipinski definition) is 3. The second kappa shape index (κ2) is 5.76. The zero-order valence-corrected chi connectivity index (χ0v) is 15.0. The van der Waals surface area contributed by atoms with Crippen molar-refractivity contribution >= 4 is 17.2 Å². The Morgan fingerprint density at radius 1 is 1.00 bits per heavy atom. The molecular weight excluding hydrogens is 308 g/mol. The van der Waals surface area contributed by atoms with Crippen LogP contribution in [0.1, 0.15) is 43.9 Å². The van der Waals surface area contributed by atoms with Gasteiger partial charge in [-0.1, -0.05) is 50.2 Å². The summed E-state index contributed by atoms with van der Waals surface area (Å²) in [5.41, 5.74) is 6.35. The van der Waals surface area contributed by atoms with Crippen molar-refractivity contribution < 1.29 is 4.79 Å². The fourth-order valence-corrected chi connectivity index (χ4v) is 3.95. The Hall–Kier alpha value is -2.55. The van der Waals surface area contributed by atoms with E-state index in [0.717, 1.165) is 34.6 Å². The summed E-state index contributed by atoms with van der Waals surface area (Å²) in [6.45, 7) is 6.43. The van der Waals surface area contributed by atoms with Gasteiger partial charge in [0.25, 0.3) is 0 Å². The third-order valence-corrected chi connectivity index (χ3v) is 5.10. The minimum absolute atomic E-state index is 0.0145. The fourth-order valence-electron chi connectivity index (χ4n) is 3.95. The Morgan fingerprint density at radius 2 is 1.76 bits per heavy atom. The predicted octanol–water partition coefficient (Wildman–Crippen LogP) is 5.22. The van der Waals surface area contributed by atoms with E-state index in [1.165, 1.54) is 5.56 Å². The summed E-state index contributed by atoms with van der Waals surface area (Å²) < 4.78 is 0. The van der Waals surface area contributed by atoms with Crippen molar-refractivity contribution in [3.05, 3.63) is 70.9 Å². The average molecular weight is 332 g/mol. The van der Waals surface area contributed by atoms with Crippen LogP contribution in [-0.4, -0.2) is 5.78 Å². The number of ketones is 1. The number of aryl methyl sites for hydroxylation is 1. The van der Waals surface area contributed by atoms with E-state index in [0.29, 0.717) is 6.42 Å². The molecule has 0 saturated heterocycles. The molecule has 0 bridgehead atoms. The molecule has 128 valence electrons. The molecule has 0 amide bonds. The highest BCUT2D eigenvalue weighted by atomic mass is 16.1. The molecule has 25 heavy (non-hydrogen) atoms. The van der Waals surface area contributed by atoms with Crippen molar-refractivity contribution in [3.63, 3.8) is 0 Å². The van der Waals surface area contributed by atoms with Crippen LogP contribution in [0.25, 0.3) is 0 Å². The van der Waals surface area contributed by atoms with Gasteiger partial charge < -0.3 is 10.6 Å². The lowest BCUT2D eigenvalue weighted by Crippen LogP contribution is -2.31. The van der Waals surface area contributed by atoms with Crippen LogP contribution in [0.2, 0.25) is 0 Å². The number of anilines is 2. The highest BCUT2D eigenvalue weighted by Gasteiger charge is 2.38. The number of hydrogen-bond donors (Lipinski definition) is 2. The molecular formula is C22H24N2O. The minimum atomic E-state index is -0.115. The molecule has 3 heteroatoms. The van der Waals surface area contributed by atoms with Crippen molar-refractivity contribution in [2.24, 2.45) is 5.41 Å². The first-order chi connectivity index (χ1) is 11.9. The first kappa shape index (κ1) is 15.9. The molecule has 4 rings (SSSR count). The van der Waals surface area contributed by atoms with Crippen LogP contribution in [0, 0.1) is 12.3 Å². The molecule has 1 atom stereocenters. The lowest BCUT2D eigenvalue weighted by molar-refractivity contribution is -0.118. The van der Waals surface area contributed by atoms with Gasteiger partial charge in [0.2, 0.25) is 0 Å². The van der Waals surface area contributed by atoms with E-state index in [9.17, 15) is 4.79 Å². The van der Waals surface area contributed by atoms with Gasteiger partial charge in [-0.25, -0.2) is 0 Å². The molecule has 2 N–H and O–H groups in total. The highest BCUT2D eigenvalue weighted by molar-refractivity contribution is 6.01. The Kier molecular flexibility index (Phi) is 3.68. The Bertz CT molecular complexity index is 865. The van der Waals surface area contributed by atoms with Gasteiger partial charge in [-0.3, -0.25) is 4.79 Å². The normalized spacial score (nSPS) is 21.6. The summed E-state index contributed by atoms with van der Waals surface area (Å²) in [7, 11) is 0. The van der Waals surface area contributed by atoms with Crippen LogP contribution in [0.15, 0.2) is 59.8 Å². The average Bonchev–Trinajstić information content (AvgIpc) is 2.70. The number of Topliss-reactive ketones (excluding diaryl/α,β-unsaturated/α-hetero) is 1. The molecule has 2 aliphatic rings. The maximum Gasteiger partial charge on any atom is 0.163 e. The van der Waals surface area contributed by atoms with E-state index in [2.05, 4.69) is 61.7 Å². The maximum absolute atomic E-state index is 13.1. The van der Waals surface area contributed by atoms with Crippen LogP contribution in [0.3, 0.4) is 0 Å². The fraction of sp³-hybridized carbons (Fsp3) is 0.318. The van der Waals surface area contributed by atoms with E-state index < -0.39 is 0 Å². The van der Waals surface area contributed by atoms with E-state index in [1.807, 2.05) is 18.2 Å². The van der Waals surface area contributed by atoms with Crippen molar-refractivity contribution in [1.82, 2.24) is 0 Å². The second-order valence-electron chi connectivity index (χ2n) is 8.00. The van der Waals surface area contributed by atoms with Gasteiger partial charge in [-0.2, -0.15) is 0 Å². The van der Waals surface area contributed by atoms with Crippen molar-refractivity contribution in [2.45, 2.75) is 39.7 Å². The van der Waals surface area contributed by atoms with Crippen molar-refractivity contribution in [3.8, 4) is 0 Å². The summed E-state index contributed by atoms with van der Waals surface area (Å²) in [5, 5.41) is 7.20. The summed E-state index contributed by atoms with van der Waals surface area (Å²) in [6.07, 6.45) is 1.47. The first-order valence-electron chi connectivity index (χ1n) is 8.88. The zero-order valence-electron chi connectivity index (χ0n) is 15.0. The van der Waals surface area contributed by atoms with Gasteiger partial charge in [-0.15, -0.1) is 0 Å². The molecule has 1 aliphatic carbocycles. The van der Waals surface area contributed by atoms with Crippen LogP contribution in [0.5, 0.6) is 0 Å². The molecule has 0 saturated carbocycles. The van der Waals surface area contributed by atoms with E-state index in [1.54, 1.807) is 0 Å². The number of carbonyl (C=O) groups is 1. The zero-order chi connectivity index (χ0) is 17.6. The van der Waals surface area contributed by atoms with Gasteiger partial charge >= 0.3 is 0 Å². The predicted molar refractivity (Wildman–Crippen MR) is 103 cm³/mol. The molecule has 0 spiro atoms. The summed E-state index contributed by atoms with van der Waals surface area (Å²) >= 11 is 0. The van der Waals surface area contributed by atoms with E-state index >= 15 is 0 Å². The summed E-state index contributed by atoms with van der Waals surface area (Å²) in [4.78, 5) is 13.1. The van der Waals surface area contributed by atoms with E-state index in [-0.39, 0.29) is 17.2 Å². The maximum atomic E-state index is 13.1. The Morgan fingerprint density at radius 3 is 2.52 bits per heavy atom. The third kappa shape index (κ3) is 2.95. The van der Waals surface area contributed by atoms with Gasteiger partial charge in [0.1, 0.15) is 0 Å². The number of nitrogens with one attached hydrogen (secondary N) is 2. The van der Waals surface area contributed by atoms with Crippen molar-refractivity contribution in [1.29, 1.82) is 0 Å². The largest absolute Gasteiger partial charge is 0.372 e. The number of allylic oxidation sites excluding steroid dienone is 1. The first-order valence-corrected chi connectivity index (χ1v) is 8.88. The van der Waals surface area contributed by atoms with Gasteiger partial charge in [0.15, 0.2) is 5.78 Å². The number of rotatable bonds is 1. The van der Waals surface area contributed by atoms with Crippen LogP contribution < -0.4 is 10.6 Å². The molecule has 2 aromatic carbocycles. The summed E-state index contributed by atoms with van der Waals surface area (Å²) in [5.74, 6) is 0.240. The second-order valence-corrected chi connectivity index (χ2v) is 8.00. The molecule has 1 heterocycles. The number of benzene rings is 2. The van der Waals surface area contributed by atoms with Gasteiger partial charge in [0, 0.05) is 17.7 Å². The van der Waals surface area contributed by atoms with Crippen LogP contribution in [-0.2, 0) is 4.79 Å². The molecule has 0 radical (unpaired) electrons. The molecule has 3 nitrogen and oxygen atoms in total. The molecule has 1 aliphatic heterocycles. The molecule has 2 aromatic rings. The third-order valence-electron chi connectivity index (χ3n) is 5.10. The molecule has 0 fully saturated rings. The van der Waals surface area contributed by atoms with E-state index in [4.69, 9.17) is 0 Å². The number of carbonyl (C=O) groups excluding carboxylic acids is 1. The Labute approximate surface area is 149 Å². The summed E-state index contributed by atoms with van der Waals surface area (Å²) in [6, 6.07) is 16.5. The van der Waals surface area contributed by atoms with Gasteiger partial charge in [-0.05, 0) is 42.0 Å². The van der Waals surface area contributed by atoms with Gasteiger partial charge in [0.05, 0.1) is 17.4 Å². The standard InChI is InChI=1S/C22H24N2O/c1-14-9-10-16-17(11-14)24-21(15-7-5-4-6-8-15)20-18(23-16)12-22(2,3)13-19(20)25/h4-11,21,23-24H,12-13H2,1-3H3. The topological polar surface area (TPSA) is 41.1 Å².